The monoisotopic (exact) mass is 176 g/mol. The van der Waals surface area contributed by atoms with Gasteiger partial charge in [-0.15, -0.1) is 0 Å². The van der Waals surface area contributed by atoms with Crippen LogP contribution >= 0.6 is 0 Å². The topological polar surface area (TPSA) is 69.9 Å². The largest absolute Gasteiger partial charge is 0.391 e. The van der Waals surface area contributed by atoms with Crippen LogP contribution in [0.1, 0.15) is 20.8 Å². The summed E-state index contributed by atoms with van der Waals surface area (Å²) >= 11 is 0. The molecule has 4 nitrogen and oxygen atoms in total. The van der Waals surface area contributed by atoms with Crippen molar-refractivity contribution in [3.63, 3.8) is 0 Å². The standard InChI is InChI=1S/C8H16O4/c1-4(9)6-7(10)8(3,11)5(2)12-6/h4-7,9-11H,1-3H3/t4-,5+,6+,7+,8+/m0/s1. The zero-order chi connectivity index (χ0) is 9.52. The van der Waals surface area contributed by atoms with Crippen molar-refractivity contribution in [3.05, 3.63) is 0 Å². The van der Waals surface area contributed by atoms with E-state index in [4.69, 9.17) is 4.74 Å². The van der Waals surface area contributed by atoms with Gasteiger partial charge < -0.3 is 20.1 Å². The molecular weight excluding hydrogens is 160 g/mol. The van der Waals surface area contributed by atoms with Crippen LogP contribution in [-0.2, 0) is 4.74 Å². The third kappa shape index (κ3) is 1.35. The predicted octanol–water partition coefficient (Wildman–Crippen LogP) is -0.734. The summed E-state index contributed by atoms with van der Waals surface area (Å²) in [5.41, 5.74) is -1.26. The molecule has 0 unspecified atom stereocenters. The summed E-state index contributed by atoms with van der Waals surface area (Å²) in [7, 11) is 0. The lowest BCUT2D eigenvalue weighted by atomic mass is 9.92. The van der Waals surface area contributed by atoms with E-state index in [0.29, 0.717) is 0 Å². The Kier molecular flexibility index (Phi) is 2.45. The summed E-state index contributed by atoms with van der Waals surface area (Å²) in [6, 6.07) is 0. The Morgan fingerprint density at radius 1 is 1.50 bits per heavy atom. The SMILES string of the molecule is C[C@H](O)[C@H]1O[C@H](C)[C@@](C)(O)[C@@H]1O. The molecule has 1 aliphatic heterocycles. The van der Waals surface area contributed by atoms with Crippen molar-refractivity contribution in [1.29, 1.82) is 0 Å². The molecule has 72 valence electrons. The lowest BCUT2D eigenvalue weighted by molar-refractivity contribution is -0.0620. The van der Waals surface area contributed by atoms with Gasteiger partial charge in [0.05, 0.1) is 12.2 Å². The third-order valence-electron chi connectivity index (χ3n) is 2.57. The van der Waals surface area contributed by atoms with Crippen molar-refractivity contribution in [2.75, 3.05) is 0 Å². The van der Waals surface area contributed by atoms with Crippen LogP contribution in [0.4, 0.5) is 0 Å². The summed E-state index contributed by atoms with van der Waals surface area (Å²) in [6.45, 7) is 4.71. The van der Waals surface area contributed by atoms with Crippen LogP contribution in [0.2, 0.25) is 0 Å². The summed E-state index contributed by atoms with van der Waals surface area (Å²) < 4.78 is 5.20. The molecule has 0 amide bonds. The fraction of sp³-hybridized carbons (Fsp3) is 1.00. The number of hydrogen-bond acceptors (Lipinski definition) is 4. The van der Waals surface area contributed by atoms with Gasteiger partial charge in [0.25, 0.3) is 0 Å². The van der Waals surface area contributed by atoms with Crippen LogP contribution in [0.5, 0.6) is 0 Å². The van der Waals surface area contributed by atoms with Crippen LogP contribution in [0.3, 0.4) is 0 Å². The molecule has 3 N–H and O–H groups in total. The van der Waals surface area contributed by atoms with Gasteiger partial charge in [0, 0.05) is 0 Å². The quantitative estimate of drug-likeness (QED) is 0.492. The summed E-state index contributed by atoms with van der Waals surface area (Å²) in [5, 5.41) is 28.4. The first-order chi connectivity index (χ1) is 5.37. The van der Waals surface area contributed by atoms with Gasteiger partial charge in [-0.25, -0.2) is 0 Å². The van der Waals surface area contributed by atoms with Crippen LogP contribution in [-0.4, -0.2) is 45.3 Å². The Hall–Kier alpha value is -0.160. The van der Waals surface area contributed by atoms with E-state index in [0.717, 1.165) is 0 Å². The second-order valence-corrected chi connectivity index (χ2v) is 3.65. The van der Waals surface area contributed by atoms with Crippen molar-refractivity contribution in [2.45, 2.75) is 50.8 Å². The number of aliphatic hydroxyl groups excluding tert-OH is 2. The Morgan fingerprint density at radius 3 is 2.17 bits per heavy atom. The molecule has 4 heteroatoms. The molecule has 0 aromatic rings. The molecule has 0 spiro atoms. The van der Waals surface area contributed by atoms with E-state index in [1.807, 2.05) is 0 Å². The number of aliphatic hydroxyl groups is 3. The Bertz CT molecular complexity index is 166. The van der Waals surface area contributed by atoms with Gasteiger partial charge in [-0.2, -0.15) is 0 Å². The second-order valence-electron chi connectivity index (χ2n) is 3.65. The molecule has 1 aliphatic rings. The highest BCUT2D eigenvalue weighted by molar-refractivity contribution is 5.00. The van der Waals surface area contributed by atoms with Crippen molar-refractivity contribution >= 4 is 0 Å². The average Bonchev–Trinajstić information content (AvgIpc) is 2.13. The van der Waals surface area contributed by atoms with E-state index in [2.05, 4.69) is 0 Å². The van der Waals surface area contributed by atoms with Gasteiger partial charge in [-0.3, -0.25) is 0 Å². The minimum absolute atomic E-state index is 0.452. The molecular formula is C8H16O4. The molecule has 0 saturated carbocycles. The number of ether oxygens (including phenoxy) is 1. The predicted molar refractivity (Wildman–Crippen MR) is 42.6 cm³/mol. The molecule has 1 rings (SSSR count). The summed E-state index contributed by atoms with van der Waals surface area (Å²) in [5.74, 6) is 0. The van der Waals surface area contributed by atoms with Gasteiger partial charge in [0.15, 0.2) is 0 Å². The molecule has 1 saturated heterocycles. The Labute approximate surface area is 71.8 Å². The zero-order valence-corrected chi connectivity index (χ0v) is 7.56. The van der Waals surface area contributed by atoms with Gasteiger partial charge in [0.2, 0.25) is 0 Å². The molecule has 5 atom stereocenters. The fourth-order valence-electron chi connectivity index (χ4n) is 1.40. The van der Waals surface area contributed by atoms with Gasteiger partial charge in [-0.05, 0) is 20.8 Å². The number of hydrogen-bond donors (Lipinski definition) is 3. The van der Waals surface area contributed by atoms with Crippen LogP contribution < -0.4 is 0 Å². The average molecular weight is 176 g/mol. The van der Waals surface area contributed by atoms with Crippen LogP contribution in [0, 0.1) is 0 Å². The Morgan fingerprint density at radius 2 is 2.00 bits per heavy atom. The fourth-order valence-corrected chi connectivity index (χ4v) is 1.40. The normalized spacial score (nSPS) is 51.0. The van der Waals surface area contributed by atoms with Gasteiger partial charge >= 0.3 is 0 Å². The maximum Gasteiger partial charge on any atom is 0.116 e. The molecule has 0 aromatic carbocycles. The van der Waals surface area contributed by atoms with Crippen molar-refractivity contribution < 1.29 is 20.1 Å². The summed E-state index contributed by atoms with van der Waals surface area (Å²) in [4.78, 5) is 0. The lowest BCUT2D eigenvalue weighted by Gasteiger charge is -2.24. The van der Waals surface area contributed by atoms with Crippen LogP contribution in [0.15, 0.2) is 0 Å². The van der Waals surface area contributed by atoms with Crippen molar-refractivity contribution in [1.82, 2.24) is 0 Å². The molecule has 0 bridgehead atoms. The summed E-state index contributed by atoms with van der Waals surface area (Å²) in [6.07, 6.45) is -2.92. The maximum atomic E-state index is 9.66. The molecule has 12 heavy (non-hydrogen) atoms. The van der Waals surface area contributed by atoms with Crippen molar-refractivity contribution in [3.8, 4) is 0 Å². The highest BCUT2D eigenvalue weighted by Gasteiger charge is 2.51. The molecule has 1 heterocycles. The third-order valence-corrected chi connectivity index (χ3v) is 2.57. The van der Waals surface area contributed by atoms with Gasteiger partial charge in [0.1, 0.15) is 17.8 Å². The van der Waals surface area contributed by atoms with Crippen LogP contribution in [0.25, 0.3) is 0 Å². The second kappa shape index (κ2) is 2.96. The first kappa shape index (κ1) is 9.92. The van der Waals surface area contributed by atoms with E-state index >= 15 is 0 Å². The Balaban J connectivity index is 2.76. The number of rotatable bonds is 1. The van der Waals surface area contributed by atoms with E-state index in [1.54, 1.807) is 6.92 Å². The smallest absolute Gasteiger partial charge is 0.116 e. The first-order valence-electron chi connectivity index (χ1n) is 4.11. The van der Waals surface area contributed by atoms with Gasteiger partial charge in [-0.1, -0.05) is 0 Å². The highest BCUT2D eigenvalue weighted by atomic mass is 16.6. The molecule has 0 aliphatic carbocycles. The maximum absolute atomic E-state index is 9.66. The first-order valence-corrected chi connectivity index (χ1v) is 4.11. The molecule has 0 aromatic heterocycles. The minimum atomic E-state index is -1.26. The van der Waals surface area contributed by atoms with Crippen molar-refractivity contribution in [2.24, 2.45) is 0 Å². The molecule has 0 radical (unpaired) electrons. The minimum Gasteiger partial charge on any atom is -0.391 e. The van der Waals surface area contributed by atoms with E-state index in [-0.39, 0.29) is 0 Å². The molecule has 1 fully saturated rings. The van der Waals surface area contributed by atoms with E-state index in [1.165, 1.54) is 13.8 Å². The highest BCUT2D eigenvalue weighted by Crippen LogP contribution is 2.31. The van der Waals surface area contributed by atoms with E-state index in [9.17, 15) is 15.3 Å². The van der Waals surface area contributed by atoms with E-state index < -0.39 is 30.0 Å². The zero-order valence-electron chi connectivity index (χ0n) is 7.56. The lowest BCUT2D eigenvalue weighted by Crippen LogP contribution is -2.46.